The second-order valence-corrected chi connectivity index (χ2v) is 7.74. The van der Waals surface area contributed by atoms with Gasteiger partial charge in [-0.1, -0.05) is 48.0 Å². The highest BCUT2D eigenvalue weighted by Gasteiger charge is 2.15. The second-order valence-electron chi connectivity index (χ2n) is 6.88. The van der Waals surface area contributed by atoms with Gasteiger partial charge in [0.2, 0.25) is 0 Å². The van der Waals surface area contributed by atoms with Crippen LogP contribution in [0.1, 0.15) is 35.0 Å². The normalized spacial score (nSPS) is 11.5. The van der Waals surface area contributed by atoms with E-state index in [1.807, 2.05) is 56.3 Å². The van der Waals surface area contributed by atoms with Crippen LogP contribution in [0.25, 0.3) is 0 Å². The van der Waals surface area contributed by atoms with Gasteiger partial charge in [-0.3, -0.25) is 10.1 Å². The summed E-state index contributed by atoms with van der Waals surface area (Å²) >= 11 is 1.21. The summed E-state index contributed by atoms with van der Waals surface area (Å²) in [5.41, 5.74) is 3.35. The maximum atomic E-state index is 12.4. The first-order chi connectivity index (χ1) is 14.0. The molecule has 6 nitrogen and oxygen atoms in total. The minimum atomic E-state index is -0.397. The number of anilines is 2. The van der Waals surface area contributed by atoms with Crippen molar-refractivity contribution in [2.75, 3.05) is 10.6 Å². The first-order valence-electron chi connectivity index (χ1n) is 9.44. The van der Waals surface area contributed by atoms with Gasteiger partial charge < -0.3 is 10.6 Å². The van der Waals surface area contributed by atoms with E-state index in [0.29, 0.717) is 16.5 Å². The Kier molecular flexibility index (Phi) is 6.97. The third kappa shape index (κ3) is 6.43. The molecule has 0 saturated heterocycles. The summed E-state index contributed by atoms with van der Waals surface area (Å²) in [5, 5.41) is 10.4. The number of hydrogen-bond donors (Lipinski definition) is 3. The molecule has 0 bridgehead atoms. The highest BCUT2D eigenvalue weighted by atomic mass is 32.1. The smallest absolute Gasteiger partial charge is 0.325 e. The van der Waals surface area contributed by atoms with Crippen molar-refractivity contribution in [2.24, 2.45) is 0 Å². The van der Waals surface area contributed by atoms with Gasteiger partial charge in [0.1, 0.15) is 5.69 Å². The zero-order valence-electron chi connectivity index (χ0n) is 16.4. The number of rotatable bonds is 7. The Labute approximate surface area is 174 Å². The monoisotopic (exact) mass is 408 g/mol. The molecule has 3 N–H and O–H groups in total. The Balaban J connectivity index is 1.47. The minimum absolute atomic E-state index is 0.0191. The maximum absolute atomic E-state index is 12.4. The van der Waals surface area contributed by atoms with Crippen LogP contribution in [-0.4, -0.2) is 23.0 Å². The Bertz CT molecular complexity index is 954. The lowest BCUT2D eigenvalue weighted by Crippen LogP contribution is -2.33. The lowest BCUT2D eigenvalue weighted by molar-refractivity contribution is 0.0934. The number of nitrogens with one attached hydrogen (secondary N) is 3. The molecule has 3 rings (SSSR count). The molecular weight excluding hydrogens is 384 g/mol. The largest absolute Gasteiger partial charge is 0.348 e. The lowest BCUT2D eigenvalue weighted by Gasteiger charge is -2.12. The second kappa shape index (κ2) is 9.84. The van der Waals surface area contributed by atoms with E-state index in [-0.39, 0.29) is 11.9 Å². The van der Waals surface area contributed by atoms with Crippen molar-refractivity contribution in [1.29, 1.82) is 0 Å². The van der Waals surface area contributed by atoms with E-state index in [1.54, 1.807) is 5.38 Å². The average molecular weight is 409 g/mol. The fourth-order valence-electron chi connectivity index (χ4n) is 2.73. The van der Waals surface area contributed by atoms with Crippen molar-refractivity contribution in [1.82, 2.24) is 10.3 Å². The fourth-order valence-corrected chi connectivity index (χ4v) is 3.42. The molecule has 3 amide bonds. The van der Waals surface area contributed by atoms with Crippen LogP contribution < -0.4 is 16.0 Å². The van der Waals surface area contributed by atoms with E-state index in [4.69, 9.17) is 0 Å². The standard InChI is InChI=1S/C22H24N4O2S/c1-15-8-12-18(13-9-15)24-21(28)26-22-25-19(14-29-22)20(27)23-16(2)10-11-17-6-4-3-5-7-17/h3-9,12-14,16H,10-11H2,1-2H3,(H,23,27)(H2,24,25,26,28). The van der Waals surface area contributed by atoms with Gasteiger partial charge in [0.05, 0.1) is 0 Å². The number of benzene rings is 2. The molecule has 1 atom stereocenters. The van der Waals surface area contributed by atoms with E-state index in [9.17, 15) is 9.59 Å². The van der Waals surface area contributed by atoms with Crippen molar-refractivity contribution < 1.29 is 9.59 Å². The average Bonchev–Trinajstić information content (AvgIpc) is 3.17. The molecule has 29 heavy (non-hydrogen) atoms. The first-order valence-corrected chi connectivity index (χ1v) is 10.3. The van der Waals surface area contributed by atoms with E-state index in [2.05, 4.69) is 33.1 Å². The predicted molar refractivity (Wildman–Crippen MR) is 118 cm³/mol. The number of carbonyl (C=O) groups is 2. The first kappa shape index (κ1) is 20.5. The third-order valence-electron chi connectivity index (χ3n) is 4.35. The van der Waals surface area contributed by atoms with Crippen molar-refractivity contribution >= 4 is 34.1 Å². The molecule has 0 saturated carbocycles. The summed E-state index contributed by atoms with van der Waals surface area (Å²) in [5.74, 6) is -0.242. The van der Waals surface area contributed by atoms with Crippen LogP contribution in [-0.2, 0) is 6.42 Å². The Morgan fingerprint density at radius 2 is 1.76 bits per heavy atom. The summed E-state index contributed by atoms with van der Waals surface area (Å²) in [4.78, 5) is 28.7. The van der Waals surface area contributed by atoms with Gasteiger partial charge in [0.15, 0.2) is 5.13 Å². The van der Waals surface area contributed by atoms with E-state index < -0.39 is 6.03 Å². The molecule has 3 aromatic rings. The molecular formula is C22H24N4O2S. The molecule has 0 radical (unpaired) electrons. The minimum Gasteiger partial charge on any atom is -0.348 e. The summed E-state index contributed by atoms with van der Waals surface area (Å²) in [7, 11) is 0. The Morgan fingerprint density at radius 3 is 2.48 bits per heavy atom. The number of aromatic nitrogens is 1. The molecule has 1 aromatic heterocycles. The number of aryl methyl sites for hydroxylation is 2. The summed E-state index contributed by atoms with van der Waals surface area (Å²) in [6.07, 6.45) is 1.73. The van der Waals surface area contributed by atoms with Crippen LogP contribution in [0.3, 0.4) is 0 Å². The van der Waals surface area contributed by atoms with Crippen LogP contribution in [0.15, 0.2) is 60.0 Å². The highest BCUT2D eigenvalue weighted by Crippen LogP contribution is 2.17. The Morgan fingerprint density at radius 1 is 1.03 bits per heavy atom. The zero-order chi connectivity index (χ0) is 20.6. The fraction of sp³-hybridized carbons (Fsp3) is 0.227. The van der Waals surface area contributed by atoms with Gasteiger partial charge >= 0.3 is 6.03 Å². The maximum Gasteiger partial charge on any atom is 0.325 e. The zero-order valence-corrected chi connectivity index (χ0v) is 17.3. The molecule has 1 heterocycles. The number of thiazole rings is 1. The predicted octanol–water partition coefficient (Wildman–Crippen LogP) is 4.85. The van der Waals surface area contributed by atoms with Gasteiger partial charge in [0, 0.05) is 17.1 Å². The van der Waals surface area contributed by atoms with Gasteiger partial charge in [-0.2, -0.15) is 0 Å². The summed E-state index contributed by atoms with van der Waals surface area (Å²) in [6.45, 7) is 3.95. The van der Waals surface area contributed by atoms with Crippen molar-refractivity contribution in [2.45, 2.75) is 32.7 Å². The van der Waals surface area contributed by atoms with Crippen molar-refractivity contribution in [3.05, 3.63) is 76.8 Å². The van der Waals surface area contributed by atoms with E-state index in [0.717, 1.165) is 18.4 Å². The quantitative estimate of drug-likeness (QED) is 0.523. The summed E-state index contributed by atoms with van der Waals surface area (Å²) in [6, 6.07) is 17.3. The molecule has 0 spiro atoms. The molecule has 7 heteroatoms. The van der Waals surface area contributed by atoms with Gasteiger partial charge in [-0.05, 0) is 44.4 Å². The molecule has 150 valence electrons. The number of urea groups is 1. The molecule has 0 aliphatic heterocycles. The molecule has 0 aliphatic rings. The van der Waals surface area contributed by atoms with Crippen LogP contribution in [0.5, 0.6) is 0 Å². The Hall–Kier alpha value is -3.19. The van der Waals surface area contributed by atoms with E-state index >= 15 is 0 Å². The number of hydrogen-bond acceptors (Lipinski definition) is 4. The van der Waals surface area contributed by atoms with Gasteiger partial charge in [-0.15, -0.1) is 11.3 Å². The number of amides is 3. The molecule has 0 aliphatic carbocycles. The van der Waals surface area contributed by atoms with Gasteiger partial charge in [0.25, 0.3) is 5.91 Å². The van der Waals surface area contributed by atoms with Crippen LogP contribution >= 0.6 is 11.3 Å². The number of carbonyl (C=O) groups excluding carboxylic acids is 2. The van der Waals surface area contributed by atoms with Crippen molar-refractivity contribution in [3.8, 4) is 0 Å². The third-order valence-corrected chi connectivity index (χ3v) is 5.11. The SMILES string of the molecule is Cc1ccc(NC(=O)Nc2nc(C(=O)NC(C)CCc3ccccc3)cs2)cc1. The van der Waals surface area contributed by atoms with Crippen molar-refractivity contribution in [3.63, 3.8) is 0 Å². The van der Waals surface area contributed by atoms with Crippen LogP contribution in [0.4, 0.5) is 15.6 Å². The molecule has 2 aromatic carbocycles. The molecule has 1 unspecified atom stereocenters. The van der Waals surface area contributed by atoms with E-state index in [1.165, 1.54) is 16.9 Å². The van der Waals surface area contributed by atoms with Crippen LogP contribution in [0, 0.1) is 6.92 Å². The van der Waals surface area contributed by atoms with Gasteiger partial charge in [-0.25, -0.2) is 9.78 Å². The highest BCUT2D eigenvalue weighted by molar-refractivity contribution is 7.14. The summed E-state index contributed by atoms with van der Waals surface area (Å²) < 4.78 is 0. The number of nitrogens with zero attached hydrogens (tertiary/aromatic N) is 1. The molecule has 0 fully saturated rings. The lowest BCUT2D eigenvalue weighted by atomic mass is 10.1. The van der Waals surface area contributed by atoms with Crippen LogP contribution in [0.2, 0.25) is 0 Å². The topological polar surface area (TPSA) is 83.1 Å².